The summed E-state index contributed by atoms with van der Waals surface area (Å²) >= 11 is 0. The molecule has 1 heterocycles. The van der Waals surface area contributed by atoms with Crippen molar-refractivity contribution in [1.82, 2.24) is 9.80 Å². The zero-order chi connectivity index (χ0) is 29.4. The summed E-state index contributed by atoms with van der Waals surface area (Å²) in [4.78, 5) is 28.3. The number of carbonyl (C=O) groups is 2. The van der Waals surface area contributed by atoms with Gasteiger partial charge >= 0.3 is 5.97 Å². The van der Waals surface area contributed by atoms with E-state index in [9.17, 15) is 14.7 Å². The number of nitrogens with zero attached hydrogens (tertiary/aromatic N) is 2. The number of carboxylic acids is 1. The SMILES string of the molecule is CN(CCc1cccc(OCCN2CCOCC2)c1)C(=O)CCCOc1ccc2c(c1)C1(CC2)CCC(C(=O)O)CC1. The average Bonchev–Trinajstić information content (AvgIpc) is 3.35. The first kappa shape index (κ1) is 30.4. The highest BCUT2D eigenvalue weighted by atomic mass is 16.5. The third kappa shape index (κ3) is 7.84. The van der Waals surface area contributed by atoms with Gasteiger partial charge in [0.1, 0.15) is 18.1 Å². The van der Waals surface area contributed by atoms with Crippen molar-refractivity contribution in [3.63, 3.8) is 0 Å². The molecule has 8 heteroatoms. The highest BCUT2D eigenvalue weighted by Gasteiger charge is 2.43. The molecule has 0 aromatic heterocycles. The quantitative estimate of drug-likeness (QED) is 0.344. The van der Waals surface area contributed by atoms with Crippen LogP contribution in [0.25, 0.3) is 0 Å². The van der Waals surface area contributed by atoms with Gasteiger partial charge in [0.2, 0.25) is 5.91 Å². The zero-order valence-electron chi connectivity index (χ0n) is 25.0. The highest BCUT2D eigenvalue weighted by Crippen LogP contribution is 2.50. The van der Waals surface area contributed by atoms with Gasteiger partial charge in [0.15, 0.2) is 0 Å². The van der Waals surface area contributed by atoms with Gasteiger partial charge in [-0.1, -0.05) is 18.2 Å². The lowest BCUT2D eigenvalue weighted by atomic mass is 9.67. The van der Waals surface area contributed by atoms with Crippen LogP contribution in [0.2, 0.25) is 0 Å². The Morgan fingerprint density at radius 3 is 2.57 bits per heavy atom. The smallest absolute Gasteiger partial charge is 0.306 e. The fraction of sp³-hybridized carbons (Fsp3) is 0.588. The molecular formula is C34H46N2O6. The third-order valence-electron chi connectivity index (χ3n) is 9.46. The predicted molar refractivity (Wildman–Crippen MR) is 161 cm³/mol. The summed E-state index contributed by atoms with van der Waals surface area (Å²) in [7, 11) is 1.87. The van der Waals surface area contributed by atoms with E-state index in [0.717, 1.165) is 94.9 Å². The molecule has 1 aliphatic heterocycles. The van der Waals surface area contributed by atoms with Gasteiger partial charge in [0.05, 0.1) is 25.7 Å². The summed E-state index contributed by atoms with van der Waals surface area (Å²) in [5.41, 5.74) is 3.99. The van der Waals surface area contributed by atoms with Crippen molar-refractivity contribution < 1.29 is 28.9 Å². The van der Waals surface area contributed by atoms with Crippen LogP contribution in [-0.2, 0) is 32.6 Å². The molecule has 228 valence electrons. The van der Waals surface area contributed by atoms with Crippen molar-refractivity contribution in [2.75, 3.05) is 59.7 Å². The second-order valence-electron chi connectivity index (χ2n) is 12.2. The summed E-state index contributed by atoms with van der Waals surface area (Å²) in [6, 6.07) is 14.5. The lowest BCUT2D eigenvalue weighted by molar-refractivity contribution is -0.143. The first-order valence-electron chi connectivity index (χ1n) is 15.7. The Kier molecular flexibility index (Phi) is 10.4. The van der Waals surface area contributed by atoms with Crippen molar-refractivity contribution in [3.8, 4) is 11.5 Å². The number of ether oxygens (including phenoxy) is 3. The van der Waals surface area contributed by atoms with E-state index >= 15 is 0 Å². The Morgan fingerprint density at radius 1 is 1.02 bits per heavy atom. The molecule has 5 rings (SSSR count). The number of aliphatic carboxylic acids is 1. The van der Waals surface area contributed by atoms with Crippen LogP contribution in [0.5, 0.6) is 11.5 Å². The van der Waals surface area contributed by atoms with E-state index in [1.165, 1.54) is 11.1 Å². The van der Waals surface area contributed by atoms with Gasteiger partial charge in [-0.05, 0) is 97.7 Å². The number of amides is 1. The summed E-state index contributed by atoms with van der Waals surface area (Å²) in [6.07, 6.45) is 7.44. The third-order valence-corrected chi connectivity index (χ3v) is 9.46. The summed E-state index contributed by atoms with van der Waals surface area (Å²) in [5, 5.41) is 9.40. The Labute approximate surface area is 249 Å². The number of hydrogen-bond donors (Lipinski definition) is 1. The number of carbonyl (C=O) groups excluding carboxylic acids is 1. The van der Waals surface area contributed by atoms with Gasteiger partial charge in [-0.25, -0.2) is 0 Å². The van der Waals surface area contributed by atoms with Crippen LogP contribution in [0.4, 0.5) is 0 Å². The summed E-state index contributed by atoms with van der Waals surface area (Å²) in [6.45, 7) is 6.22. The minimum Gasteiger partial charge on any atom is -0.494 e. The molecule has 3 aliphatic rings. The highest BCUT2D eigenvalue weighted by molar-refractivity contribution is 5.75. The molecule has 2 aliphatic carbocycles. The molecule has 2 aromatic rings. The van der Waals surface area contributed by atoms with Gasteiger partial charge in [-0.3, -0.25) is 14.5 Å². The fourth-order valence-electron chi connectivity index (χ4n) is 6.74. The number of aryl methyl sites for hydroxylation is 1. The lowest BCUT2D eigenvalue weighted by Gasteiger charge is -2.37. The molecule has 1 amide bonds. The van der Waals surface area contributed by atoms with Crippen LogP contribution in [0.3, 0.4) is 0 Å². The maximum Gasteiger partial charge on any atom is 0.306 e. The van der Waals surface area contributed by atoms with Crippen LogP contribution < -0.4 is 9.47 Å². The fourth-order valence-corrected chi connectivity index (χ4v) is 6.74. The first-order chi connectivity index (χ1) is 20.4. The summed E-state index contributed by atoms with van der Waals surface area (Å²) in [5.74, 6) is 0.986. The molecule has 2 aromatic carbocycles. The summed E-state index contributed by atoms with van der Waals surface area (Å²) < 4.78 is 17.5. The Balaban J connectivity index is 1.01. The monoisotopic (exact) mass is 578 g/mol. The minimum atomic E-state index is -0.658. The van der Waals surface area contributed by atoms with Crippen molar-refractivity contribution >= 4 is 11.9 Å². The van der Waals surface area contributed by atoms with Crippen LogP contribution in [0, 0.1) is 5.92 Å². The van der Waals surface area contributed by atoms with Gasteiger partial charge in [-0.15, -0.1) is 0 Å². The molecule has 42 heavy (non-hydrogen) atoms. The van der Waals surface area contributed by atoms with E-state index in [1.807, 2.05) is 25.2 Å². The van der Waals surface area contributed by atoms with E-state index in [4.69, 9.17) is 14.2 Å². The van der Waals surface area contributed by atoms with Crippen LogP contribution >= 0.6 is 0 Å². The number of carboxylic acid groups (broad SMARTS) is 1. The minimum absolute atomic E-state index is 0.105. The first-order valence-corrected chi connectivity index (χ1v) is 15.7. The molecule has 0 unspecified atom stereocenters. The Bertz CT molecular complexity index is 1200. The van der Waals surface area contributed by atoms with E-state index in [2.05, 4.69) is 29.2 Å². The number of morpholine rings is 1. The zero-order valence-corrected chi connectivity index (χ0v) is 25.0. The second kappa shape index (κ2) is 14.4. The number of benzene rings is 2. The average molecular weight is 579 g/mol. The molecule has 0 radical (unpaired) electrons. The van der Waals surface area contributed by atoms with E-state index in [-0.39, 0.29) is 17.2 Å². The number of likely N-dealkylation sites (N-methyl/N-ethyl adjacent to an activating group) is 1. The Morgan fingerprint density at radius 2 is 1.79 bits per heavy atom. The van der Waals surface area contributed by atoms with Crippen LogP contribution in [-0.4, -0.2) is 86.4 Å². The number of fused-ring (bicyclic) bond motifs is 2. The van der Waals surface area contributed by atoms with Gasteiger partial charge in [0, 0.05) is 39.6 Å². The molecule has 0 atom stereocenters. The van der Waals surface area contributed by atoms with Gasteiger partial charge in [-0.2, -0.15) is 0 Å². The standard InChI is InChI=1S/C34H46N2O6/c1-35(16-12-26-4-2-5-29(24-26)42-23-19-36-17-21-40-22-18-36)32(37)6-3-20-41-30-8-7-27-9-13-34(31(27)25-30)14-10-28(11-15-34)33(38)39/h2,4-5,7-8,24-25,28H,3,6,9-23H2,1H3,(H,38,39). The topological polar surface area (TPSA) is 88.5 Å². The molecule has 0 bridgehead atoms. The maximum absolute atomic E-state index is 12.8. The van der Waals surface area contributed by atoms with E-state index in [0.29, 0.717) is 32.6 Å². The Hall–Kier alpha value is -3.10. The molecule has 1 N–H and O–H groups in total. The van der Waals surface area contributed by atoms with Crippen LogP contribution in [0.1, 0.15) is 61.6 Å². The van der Waals surface area contributed by atoms with Crippen LogP contribution in [0.15, 0.2) is 42.5 Å². The molecule has 2 fully saturated rings. The van der Waals surface area contributed by atoms with Crippen molar-refractivity contribution in [2.45, 2.75) is 63.2 Å². The number of hydrogen-bond acceptors (Lipinski definition) is 6. The second-order valence-corrected chi connectivity index (χ2v) is 12.2. The lowest BCUT2D eigenvalue weighted by Crippen LogP contribution is -2.38. The van der Waals surface area contributed by atoms with Crippen molar-refractivity contribution in [2.24, 2.45) is 5.92 Å². The molecule has 1 saturated carbocycles. The molecule has 1 spiro atoms. The van der Waals surface area contributed by atoms with Crippen molar-refractivity contribution in [1.29, 1.82) is 0 Å². The van der Waals surface area contributed by atoms with E-state index in [1.54, 1.807) is 4.90 Å². The molecule has 1 saturated heterocycles. The largest absolute Gasteiger partial charge is 0.494 e. The van der Waals surface area contributed by atoms with E-state index < -0.39 is 5.97 Å². The molecular weight excluding hydrogens is 532 g/mol. The van der Waals surface area contributed by atoms with Gasteiger partial charge in [0.25, 0.3) is 0 Å². The predicted octanol–water partition coefficient (Wildman–Crippen LogP) is 4.72. The van der Waals surface area contributed by atoms with Crippen molar-refractivity contribution in [3.05, 3.63) is 59.2 Å². The molecule has 8 nitrogen and oxygen atoms in total. The van der Waals surface area contributed by atoms with Gasteiger partial charge < -0.3 is 24.2 Å². The normalized spacial score (nSPS) is 22.1. The number of rotatable bonds is 13. The maximum atomic E-state index is 12.8.